The molecule has 0 saturated heterocycles. The first-order valence-electron chi connectivity index (χ1n) is 11.2. The second-order valence-electron chi connectivity index (χ2n) is 7.91. The molecule has 1 heterocycles. The number of carbonyl (C=O) groups is 1. The van der Waals surface area contributed by atoms with Gasteiger partial charge in [-0.3, -0.25) is 9.48 Å². The summed E-state index contributed by atoms with van der Waals surface area (Å²) in [6, 6.07) is 20.7. The lowest BCUT2D eigenvalue weighted by atomic mass is 10.1. The fraction of sp³-hybridized carbons (Fsp3) is 0.185. The van der Waals surface area contributed by atoms with Crippen molar-refractivity contribution in [1.29, 1.82) is 0 Å². The third-order valence-corrected chi connectivity index (χ3v) is 5.64. The van der Waals surface area contributed by atoms with Crippen LogP contribution in [0.4, 0.5) is 10.2 Å². The predicted molar refractivity (Wildman–Crippen MR) is 134 cm³/mol. The molecular weight excluding hydrogens is 469 g/mol. The van der Waals surface area contributed by atoms with Gasteiger partial charge in [0.15, 0.2) is 5.82 Å². The van der Waals surface area contributed by atoms with E-state index in [2.05, 4.69) is 10.4 Å². The number of benzene rings is 3. The molecule has 180 valence electrons. The highest BCUT2D eigenvalue weighted by Crippen LogP contribution is 2.21. The summed E-state index contributed by atoms with van der Waals surface area (Å²) in [5.41, 5.74) is 2.92. The van der Waals surface area contributed by atoms with Crippen molar-refractivity contribution in [3.05, 3.63) is 106 Å². The van der Waals surface area contributed by atoms with Crippen LogP contribution in [-0.4, -0.2) is 22.3 Å². The van der Waals surface area contributed by atoms with Crippen LogP contribution in [0.25, 0.3) is 0 Å². The highest BCUT2D eigenvalue weighted by atomic mass is 35.5. The maximum absolute atomic E-state index is 13.3. The third kappa shape index (κ3) is 6.39. The molecule has 35 heavy (non-hydrogen) atoms. The highest BCUT2D eigenvalue weighted by molar-refractivity contribution is 6.31. The number of nitrogens with one attached hydrogen (secondary N) is 1. The normalized spacial score (nSPS) is 10.7. The Kier molecular flexibility index (Phi) is 7.67. The Morgan fingerprint density at radius 3 is 2.49 bits per heavy atom. The van der Waals surface area contributed by atoms with Gasteiger partial charge < -0.3 is 14.8 Å². The van der Waals surface area contributed by atoms with Crippen molar-refractivity contribution in [1.82, 2.24) is 9.78 Å². The van der Waals surface area contributed by atoms with Crippen LogP contribution < -0.4 is 14.8 Å². The van der Waals surface area contributed by atoms with Crippen LogP contribution in [0, 0.1) is 12.7 Å². The molecule has 3 aromatic carbocycles. The van der Waals surface area contributed by atoms with E-state index in [0.717, 1.165) is 22.6 Å². The fourth-order valence-electron chi connectivity index (χ4n) is 3.50. The maximum Gasteiger partial charge on any atom is 0.256 e. The molecule has 0 aliphatic carbocycles. The summed E-state index contributed by atoms with van der Waals surface area (Å²) in [5.74, 6) is 1.25. The van der Waals surface area contributed by atoms with Crippen molar-refractivity contribution in [3.63, 3.8) is 0 Å². The van der Waals surface area contributed by atoms with Gasteiger partial charge in [0, 0.05) is 22.3 Å². The van der Waals surface area contributed by atoms with Crippen LogP contribution >= 0.6 is 11.6 Å². The van der Waals surface area contributed by atoms with Crippen LogP contribution in [0.15, 0.2) is 72.8 Å². The third-order valence-electron chi connectivity index (χ3n) is 5.29. The number of nitrogens with zero attached hydrogens (tertiary/aromatic N) is 2. The summed E-state index contributed by atoms with van der Waals surface area (Å²) in [7, 11) is 0. The number of hydrogen-bond acceptors (Lipinski definition) is 4. The molecule has 6 nitrogen and oxygen atoms in total. The number of rotatable bonds is 9. The first-order valence-corrected chi connectivity index (χ1v) is 11.5. The minimum Gasteiger partial charge on any atom is -0.494 e. The number of ether oxygens (including phenoxy) is 2. The van der Waals surface area contributed by atoms with Crippen LogP contribution in [0.2, 0.25) is 5.02 Å². The van der Waals surface area contributed by atoms with Crippen molar-refractivity contribution in [2.45, 2.75) is 27.0 Å². The minimum absolute atomic E-state index is 0.280. The highest BCUT2D eigenvalue weighted by Gasteiger charge is 2.12. The van der Waals surface area contributed by atoms with Gasteiger partial charge in [-0.15, -0.1) is 0 Å². The van der Waals surface area contributed by atoms with Crippen LogP contribution in [0.1, 0.15) is 34.1 Å². The van der Waals surface area contributed by atoms with Gasteiger partial charge in [0.05, 0.1) is 13.2 Å². The van der Waals surface area contributed by atoms with Gasteiger partial charge >= 0.3 is 0 Å². The summed E-state index contributed by atoms with van der Waals surface area (Å²) in [4.78, 5) is 12.8. The summed E-state index contributed by atoms with van der Waals surface area (Å²) in [6.07, 6.45) is 0. The molecule has 0 saturated carbocycles. The second kappa shape index (κ2) is 11.1. The number of aryl methyl sites for hydroxylation is 1. The Morgan fingerprint density at radius 1 is 1.03 bits per heavy atom. The van der Waals surface area contributed by atoms with Gasteiger partial charge in [-0.1, -0.05) is 29.8 Å². The molecule has 1 aromatic heterocycles. The number of hydrogen-bond donors (Lipinski definition) is 1. The summed E-state index contributed by atoms with van der Waals surface area (Å²) < 4.78 is 26.3. The molecule has 1 N–H and O–H groups in total. The van der Waals surface area contributed by atoms with Gasteiger partial charge in [0.25, 0.3) is 5.91 Å². The summed E-state index contributed by atoms with van der Waals surface area (Å²) in [6.45, 7) is 5.10. The molecule has 8 heteroatoms. The van der Waals surface area contributed by atoms with E-state index >= 15 is 0 Å². The van der Waals surface area contributed by atoms with Crippen LogP contribution in [-0.2, 0) is 13.2 Å². The molecule has 0 aliphatic rings. The van der Waals surface area contributed by atoms with Crippen LogP contribution in [0.5, 0.6) is 11.5 Å². The molecule has 0 fully saturated rings. The standard InChI is InChI=1S/C27H25ClFN3O3/c1-3-34-23-9-11-24(12-10-23)35-17-19-5-4-6-20(14-19)27(33)30-26-13-18(2)32(31-26)16-21-7-8-22(29)15-25(21)28/h4-15H,3,16-17H2,1-2H3,(H,30,31,33). The molecule has 4 rings (SSSR count). The van der Waals surface area contributed by atoms with E-state index < -0.39 is 5.82 Å². The number of aromatic nitrogens is 2. The number of amides is 1. The fourth-order valence-corrected chi connectivity index (χ4v) is 3.73. The lowest BCUT2D eigenvalue weighted by molar-refractivity contribution is 0.102. The first-order chi connectivity index (χ1) is 16.9. The zero-order valence-corrected chi connectivity index (χ0v) is 20.2. The van der Waals surface area contributed by atoms with Gasteiger partial charge in [0.2, 0.25) is 0 Å². The van der Waals surface area contributed by atoms with E-state index in [1.165, 1.54) is 12.1 Å². The molecule has 0 bridgehead atoms. The SMILES string of the molecule is CCOc1ccc(OCc2cccc(C(=O)Nc3cc(C)n(Cc4ccc(F)cc4Cl)n3)c2)cc1. The number of anilines is 1. The second-order valence-corrected chi connectivity index (χ2v) is 8.32. The zero-order chi connectivity index (χ0) is 24.8. The van der Waals surface area contributed by atoms with Crippen molar-refractivity contribution in [2.24, 2.45) is 0 Å². The molecule has 4 aromatic rings. The quantitative estimate of drug-likeness (QED) is 0.299. The van der Waals surface area contributed by atoms with E-state index in [1.807, 2.05) is 50.2 Å². The summed E-state index contributed by atoms with van der Waals surface area (Å²) in [5, 5.41) is 7.61. The van der Waals surface area contributed by atoms with Gasteiger partial charge in [-0.2, -0.15) is 5.10 Å². The molecule has 0 spiro atoms. The smallest absolute Gasteiger partial charge is 0.256 e. The molecule has 0 unspecified atom stereocenters. The molecule has 0 radical (unpaired) electrons. The average molecular weight is 494 g/mol. The monoisotopic (exact) mass is 493 g/mol. The van der Waals surface area contributed by atoms with E-state index in [-0.39, 0.29) is 5.91 Å². The van der Waals surface area contributed by atoms with Crippen molar-refractivity contribution in [3.8, 4) is 11.5 Å². The molecule has 0 atom stereocenters. The molecular formula is C27H25ClFN3O3. The number of carbonyl (C=O) groups excluding carboxylic acids is 1. The Hall–Kier alpha value is -3.84. The van der Waals surface area contributed by atoms with Gasteiger partial charge in [-0.05, 0) is 73.5 Å². The largest absolute Gasteiger partial charge is 0.494 e. The molecule has 1 amide bonds. The minimum atomic E-state index is -0.393. The maximum atomic E-state index is 13.3. The van der Waals surface area contributed by atoms with Crippen molar-refractivity contribution in [2.75, 3.05) is 11.9 Å². The topological polar surface area (TPSA) is 65.4 Å². The Balaban J connectivity index is 1.38. The lowest BCUT2D eigenvalue weighted by Gasteiger charge is -2.09. The average Bonchev–Trinajstić information content (AvgIpc) is 3.19. The lowest BCUT2D eigenvalue weighted by Crippen LogP contribution is -2.13. The van der Waals surface area contributed by atoms with E-state index in [0.29, 0.717) is 41.9 Å². The Bertz CT molecular complexity index is 1320. The summed E-state index contributed by atoms with van der Waals surface area (Å²) >= 11 is 6.14. The molecule has 0 aliphatic heterocycles. The number of halogens is 2. The van der Waals surface area contributed by atoms with E-state index in [1.54, 1.807) is 28.9 Å². The Labute approximate surface area is 208 Å². The van der Waals surface area contributed by atoms with Crippen molar-refractivity contribution < 1.29 is 18.7 Å². The zero-order valence-electron chi connectivity index (χ0n) is 19.4. The van der Waals surface area contributed by atoms with Gasteiger partial charge in [0.1, 0.15) is 23.9 Å². The van der Waals surface area contributed by atoms with Crippen molar-refractivity contribution >= 4 is 23.3 Å². The Morgan fingerprint density at radius 2 is 1.77 bits per heavy atom. The van der Waals surface area contributed by atoms with Gasteiger partial charge in [-0.25, -0.2) is 4.39 Å². The predicted octanol–water partition coefficient (Wildman–Crippen LogP) is 6.26. The first kappa shape index (κ1) is 24.3. The van der Waals surface area contributed by atoms with E-state index in [4.69, 9.17) is 21.1 Å². The van der Waals surface area contributed by atoms with Crippen LogP contribution in [0.3, 0.4) is 0 Å². The van der Waals surface area contributed by atoms with E-state index in [9.17, 15) is 9.18 Å².